The zero-order chi connectivity index (χ0) is 16.5. The van der Waals surface area contributed by atoms with Crippen molar-refractivity contribution in [2.45, 2.75) is 6.92 Å². The average molecular weight is 346 g/mol. The number of benzene rings is 1. The molecule has 22 heavy (non-hydrogen) atoms. The predicted molar refractivity (Wildman–Crippen MR) is 81.8 cm³/mol. The van der Waals surface area contributed by atoms with Crippen molar-refractivity contribution in [2.24, 2.45) is 0 Å². The van der Waals surface area contributed by atoms with E-state index in [9.17, 15) is 14.4 Å². The number of esters is 2. The summed E-state index contributed by atoms with van der Waals surface area (Å²) in [5.74, 6) is -2.08. The quantitative estimate of drug-likeness (QED) is 0.632. The Labute approximate surface area is 137 Å². The van der Waals surface area contributed by atoms with Gasteiger partial charge in [-0.2, -0.15) is 0 Å². The van der Waals surface area contributed by atoms with Gasteiger partial charge < -0.3 is 14.8 Å². The zero-order valence-electron chi connectivity index (χ0n) is 11.6. The van der Waals surface area contributed by atoms with Crippen LogP contribution in [-0.2, 0) is 23.9 Å². The number of amides is 1. The number of hydrogen-bond donors (Lipinski definition) is 1. The minimum Gasteiger partial charge on any atom is -0.463 e. The van der Waals surface area contributed by atoms with Gasteiger partial charge in [0, 0.05) is 27.9 Å². The molecule has 0 aliphatic heterocycles. The van der Waals surface area contributed by atoms with Gasteiger partial charge >= 0.3 is 11.9 Å². The SMILES string of the molecule is CCOC(=O)/C=C/C(=O)OCC(=O)Nc1cc(Cl)cc(Cl)c1. The number of nitrogens with one attached hydrogen (secondary N) is 1. The van der Waals surface area contributed by atoms with E-state index in [4.69, 9.17) is 23.2 Å². The van der Waals surface area contributed by atoms with E-state index in [0.29, 0.717) is 15.7 Å². The van der Waals surface area contributed by atoms with E-state index in [2.05, 4.69) is 14.8 Å². The molecule has 0 fully saturated rings. The largest absolute Gasteiger partial charge is 0.463 e. The van der Waals surface area contributed by atoms with Crippen LogP contribution in [0.1, 0.15) is 6.92 Å². The molecule has 1 N–H and O–H groups in total. The maximum absolute atomic E-state index is 11.6. The van der Waals surface area contributed by atoms with Crippen LogP contribution < -0.4 is 5.32 Å². The van der Waals surface area contributed by atoms with Crippen molar-refractivity contribution < 1.29 is 23.9 Å². The Bertz CT molecular complexity index is 581. The molecule has 0 spiro atoms. The Morgan fingerprint density at radius 1 is 1.05 bits per heavy atom. The molecular formula is C14H13Cl2NO5. The highest BCUT2D eigenvalue weighted by atomic mass is 35.5. The van der Waals surface area contributed by atoms with Crippen LogP contribution in [0, 0.1) is 0 Å². The van der Waals surface area contributed by atoms with Crippen LogP contribution in [0.2, 0.25) is 10.0 Å². The van der Waals surface area contributed by atoms with Crippen molar-refractivity contribution >= 4 is 46.7 Å². The van der Waals surface area contributed by atoms with Crippen molar-refractivity contribution in [1.29, 1.82) is 0 Å². The minimum absolute atomic E-state index is 0.197. The first kappa shape index (κ1) is 18.0. The summed E-state index contributed by atoms with van der Waals surface area (Å²) in [6.07, 6.45) is 1.79. The Kier molecular flexibility index (Phi) is 7.42. The molecule has 0 radical (unpaired) electrons. The van der Waals surface area contributed by atoms with Gasteiger partial charge in [-0.05, 0) is 25.1 Å². The first-order valence-corrected chi connectivity index (χ1v) is 6.94. The van der Waals surface area contributed by atoms with Crippen molar-refractivity contribution in [2.75, 3.05) is 18.5 Å². The first-order chi connectivity index (χ1) is 10.4. The van der Waals surface area contributed by atoms with E-state index < -0.39 is 24.5 Å². The Morgan fingerprint density at radius 3 is 2.14 bits per heavy atom. The van der Waals surface area contributed by atoms with E-state index >= 15 is 0 Å². The lowest BCUT2D eigenvalue weighted by atomic mass is 10.3. The van der Waals surface area contributed by atoms with Gasteiger partial charge in [0.15, 0.2) is 6.61 Å². The van der Waals surface area contributed by atoms with Gasteiger partial charge in [0.2, 0.25) is 0 Å². The molecule has 1 rings (SSSR count). The number of halogens is 2. The first-order valence-electron chi connectivity index (χ1n) is 6.18. The van der Waals surface area contributed by atoms with Crippen LogP contribution in [0.3, 0.4) is 0 Å². The van der Waals surface area contributed by atoms with Crippen LogP contribution in [0.25, 0.3) is 0 Å². The third kappa shape index (κ3) is 7.10. The van der Waals surface area contributed by atoms with Gasteiger partial charge in [0.05, 0.1) is 6.61 Å². The summed E-state index contributed by atoms with van der Waals surface area (Å²) >= 11 is 11.6. The van der Waals surface area contributed by atoms with E-state index in [1.165, 1.54) is 18.2 Å². The highest BCUT2D eigenvalue weighted by Crippen LogP contribution is 2.22. The molecule has 6 nitrogen and oxygen atoms in total. The highest BCUT2D eigenvalue weighted by Gasteiger charge is 2.07. The fourth-order valence-electron chi connectivity index (χ4n) is 1.33. The zero-order valence-corrected chi connectivity index (χ0v) is 13.1. The normalized spacial score (nSPS) is 10.3. The van der Waals surface area contributed by atoms with Gasteiger partial charge in [-0.25, -0.2) is 9.59 Å². The van der Waals surface area contributed by atoms with Crippen molar-refractivity contribution in [3.63, 3.8) is 0 Å². The number of ether oxygens (including phenoxy) is 2. The van der Waals surface area contributed by atoms with Gasteiger partial charge in [-0.3, -0.25) is 4.79 Å². The summed E-state index contributed by atoms with van der Waals surface area (Å²) in [6, 6.07) is 4.50. The van der Waals surface area contributed by atoms with Gasteiger partial charge in [-0.15, -0.1) is 0 Å². The number of hydrogen-bond acceptors (Lipinski definition) is 5. The van der Waals surface area contributed by atoms with E-state index in [0.717, 1.165) is 12.2 Å². The smallest absolute Gasteiger partial charge is 0.331 e. The average Bonchev–Trinajstić information content (AvgIpc) is 2.42. The molecule has 1 amide bonds. The summed E-state index contributed by atoms with van der Waals surface area (Å²) in [5, 5.41) is 3.18. The molecule has 0 bridgehead atoms. The number of carbonyl (C=O) groups is 3. The molecule has 0 saturated heterocycles. The molecule has 8 heteroatoms. The minimum atomic E-state index is -0.840. The second kappa shape index (κ2) is 9.07. The van der Waals surface area contributed by atoms with Crippen LogP contribution in [0.4, 0.5) is 5.69 Å². The molecule has 0 atom stereocenters. The summed E-state index contributed by atoms with van der Waals surface area (Å²) < 4.78 is 9.23. The van der Waals surface area contributed by atoms with Crippen LogP contribution in [-0.4, -0.2) is 31.1 Å². The van der Waals surface area contributed by atoms with Gasteiger partial charge in [0.25, 0.3) is 5.91 Å². The Balaban J connectivity index is 2.42. The molecule has 0 heterocycles. The monoisotopic (exact) mass is 345 g/mol. The third-order valence-electron chi connectivity index (χ3n) is 2.13. The summed E-state index contributed by atoms with van der Waals surface area (Å²) in [4.78, 5) is 33.8. The van der Waals surface area contributed by atoms with E-state index in [-0.39, 0.29) is 6.61 Å². The fraction of sp³-hybridized carbons (Fsp3) is 0.214. The molecule has 118 valence electrons. The predicted octanol–water partition coefficient (Wildman–Crippen LogP) is 2.59. The molecule has 1 aromatic carbocycles. The molecule has 0 aliphatic rings. The highest BCUT2D eigenvalue weighted by molar-refractivity contribution is 6.35. The molecule has 0 aromatic heterocycles. The fourth-order valence-corrected chi connectivity index (χ4v) is 1.86. The molecule has 0 saturated carbocycles. The van der Waals surface area contributed by atoms with Crippen molar-refractivity contribution in [3.8, 4) is 0 Å². The lowest BCUT2D eigenvalue weighted by molar-refractivity contribution is -0.143. The van der Waals surface area contributed by atoms with E-state index in [1.54, 1.807) is 6.92 Å². The third-order valence-corrected chi connectivity index (χ3v) is 2.57. The number of rotatable bonds is 6. The second-order valence-corrected chi connectivity index (χ2v) is 4.77. The number of carbonyl (C=O) groups excluding carboxylic acids is 3. The van der Waals surface area contributed by atoms with Gasteiger partial charge in [-0.1, -0.05) is 23.2 Å². The van der Waals surface area contributed by atoms with Crippen molar-refractivity contribution in [1.82, 2.24) is 0 Å². The topological polar surface area (TPSA) is 81.7 Å². The van der Waals surface area contributed by atoms with Crippen molar-refractivity contribution in [3.05, 3.63) is 40.4 Å². The molecule has 0 unspecified atom stereocenters. The standard InChI is InChI=1S/C14H13Cl2NO5/c1-2-21-13(19)3-4-14(20)22-8-12(18)17-11-6-9(15)5-10(16)7-11/h3-7H,2,8H2,1H3,(H,17,18)/b4-3+. The Hall–Kier alpha value is -2.05. The maximum atomic E-state index is 11.6. The second-order valence-electron chi connectivity index (χ2n) is 3.90. The van der Waals surface area contributed by atoms with E-state index in [1.807, 2.05) is 0 Å². The van der Waals surface area contributed by atoms with Gasteiger partial charge in [0.1, 0.15) is 0 Å². The van der Waals surface area contributed by atoms with Crippen LogP contribution in [0.5, 0.6) is 0 Å². The van der Waals surface area contributed by atoms with Crippen LogP contribution in [0.15, 0.2) is 30.4 Å². The lowest BCUT2D eigenvalue weighted by Gasteiger charge is -2.06. The maximum Gasteiger partial charge on any atom is 0.331 e. The lowest BCUT2D eigenvalue weighted by Crippen LogP contribution is -2.20. The molecular weight excluding hydrogens is 333 g/mol. The summed E-state index contributed by atoms with van der Waals surface area (Å²) in [7, 11) is 0. The summed E-state index contributed by atoms with van der Waals surface area (Å²) in [6.45, 7) is 1.31. The number of anilines is 1. The molecule has 0 aliphatic carbocycles. The Morgan fingerprint density at radius 2 is 1.59 bits per heavy atom. The molecule has 1 aromatic rings. The van der Waals surface area contributed by atoms with Crippen LogP contribution >= 0.6 is 23.2 Å². The summed E-state index contributed by atoms with van der Waals surface area (Å²) in [5.41, 5.74) is 0.376.